The second kappa shape index (κ2) is 3.42. The number of benzene rings is 1. The van der Waals surface area contributed by atoms with Crippen molar-refractivity contribution in [1.29, 1.82) is 0 Å². The number of carbonyl (C=O) groups is 1. The monoisotopic (exact) mass is 191 g/mol. The van der Waals surface area contributed by atoms with Gasteiger partial charge >= 0.3 is 0 Å². The summed E-state index contributed by atoms with van der Waals surface area (Å²) in [6, 6.07) is 3.90. The van der Waals surface area contributed by atoms with Crippen LogP contribution in [0.1, 0.15) is 23.1 Å². The van der Waals surface area contributed by atoms with Gasteiger partial charge in [-0.25, -0.2) is 0 Å². The van der Waals surface area contributed by atoms with Crippen molar-refractivity contribution < 1.29 is 9.90 Å². The van der Waals surface area contributed by atoms with Gasteiger partial charge in [-0.05, 0) is 36.1 Å². The van der Waals surface area contributed by atoms with Crippen LogP contribution < -0.4 is 5.32 Å². The van der Waals surface area contributed by atoms with Crippen LogP contribution >= 0.6 is 0 Å². The van der Waals surface area contributed by atoms with Crippen LogP contribution in [0.3, 0.4) is 0 Å². The highest BCUT2D eigenvalue weighted by Gasteiger charge is 2.15. The van der Waals surface area contributed by atoms with Crippen molar-refractivity contribution in [1.82, 2.24) is 0 Å². The van der Waals surface area contributed by atoms with Gasteiger partial charge in [0, 0.05) is 12.1 Å². The van der Waals surface area contributed by atoms with Gasteiger partial charge in [0.1, 0.15) is 0 Å². The van der Waals surface area contributed by atoms with Gasteiger partial charge in [0.25, 0.3) is 0 Å². The molecule has 1 amide bonds. The smallest absolute Gasteiger partial charge is 0.224 e. The zero-order valence-corrected chi connectivity index (χ0v) is 8.13. The normalized spacial score (nSPS) is 14.9. The first-order valence-electron chi connectivity index (χ1n) is 4.74. The Kier molecular flexibility index (Phi) is 2.25. The summed E-state index contributed by atoms with van der Waals surface area (Å²) in [6.07, 6.45) is 1.31. The minimum atomic E-state index is 0.0626. The minimum absolute atomic E-state index is 0.0626. The van der Waals surface area contributed by atoms with Gasteiger partial charge in [0.2, 0.25) is 5.91 Å². The summed E-state index contributed by atoms with van der Waals surface area (Å²) in [5.74, 6) is 0.0775. The molecule has 0 aliphatic carbocycles. The van der Waals surface area contributed by atoms with Gasteiger partial charge in [-0.2, -0.15) is 0 Å². The van der Waals surface area contributed by atoms with Crippen molar-refractivity contribution in [3.63, 3.8) is 0 Å². The molecule has 1 heterocycles. The molecule has 1 aromatic rings. The molecule has 74 valence electrons. The van der Waals surface area contributed by atoms with Crippen molar-refractivity contribution in [2.75, 3.05) is 5.32 Å². The van der Waals surface area contributed by atoms with Crippen LogP contribution in [-0.4, -0.2) is 11.0 Å². The zero-order chi connectivity index (χ0) is 10.1. The summed E-state index contributed by atoms with van der Waals surface area (Å²) < 4.78 is 0. The molecule has 0 saturated heterocycles. The molecular formula is C11H13NO2. The maximum atomic E-state index is 11.1. The third kappa shape index (κ3) is 1.51. The van der Waals surface area contributed by atoms with Gasteiger partial charge in [0.15, 0.2) is 0 Å². The maximum absolute atomic E-state index is 11.1. The summed E-state index contributed by atoms with van der Waals surface area (Å²) in [7, 11) is 0. The van der Waals surface area contributed by atoms with E-state index in [0.29, 0.717) is 6.42 Å². The third-order valence-corrected chi connectivity index (χ3v) is 2.63. The number of anilines is 1. The predicted octanol–water partition coefficient (Wildman–Crippen LogP) is 1.37. The van der Waals surface area contributed by atoms with E-state index in [2.05, 4.69) is 5.32 Å². The van der Waals surface area contributed by atoms with E-state index in [9.17, 15) is 4.79 Å². The molecular weight excluding hydrogens is 178 g/mol. The van der Waals surface area contributed by atoms with Crippen LogP contribution in [0.15, 0.2) is 12.1 Å². The number of fused-ring (bicyclic) bond motifs is 1. The summed E-state index contributed by atoms with van der Waals surface area (Å²) in [5.41, 5.74) is 3.99. The van der Waals surface area contributed by atoms with Crippen LogP contribution in [0.5, 0.6) is 0 Å². The molecule has 14 heavy (non-hydrogen) atoms. The Morgan fingerprint density at radius 3 is 2.93 bits per heavy atom. The van der Waals surface area contributed by atoms with Crippen molar-refractivity contribution in [2.45, 2.75) is 26.4 Å². The van der Waals surface area contributed by atoms with Crippen LogP contribution in [0.25, 0.3) is 0 Å². The molecule has 3 nitrogen and oxygen atoms in total. The standard InChI is InChI=1S/C11H13NO2/c1-7-4-10-8(5-9(7)6-13)2-3-11(14)12-10/h4-5,13H,2-3,6H2,1H3,(H,12,14). The summed E-state index contributed by atoms with van der Waals surface area (Å²) in [5, 5.41) is 11.9. The fourth-order valence-electron chi connectivity index (χ4n) is 1.76. The van der Waals surface area contributed by atoms with E-state index in [1.54, 1.807) is 0 Å². The molecule has 3 heteroatoms. The molecule has 0 fully saturated rings. The van der Waals surface area contributed by atoms with Crippen molar-refractivity contribution in [2.24, 2.45) is 0 Å². The number of nitrogens with one attached hydrogen (secondary N) is 1. The van der Waals surface area contributed by atoms with Gasteiger partial charge in [0.05, 0.1) is 6.61 Å². The Morgan fingerprint density at radius 2 is 2.21 bits per heavy atom. The van der Waals surface area contributed by atoms with E-state index in [-0.39, 0.29) is 12.5 Å². The number of rotatable bonds is 1. The quantitative estimate of drug-likeness (QED) is 0.704. The molecule has 0 aromatic heterocycles. The summed E-state index contributed by atoms with van der Waals surface area (Å²) >= 11 is 0. The maximum Gasteiger partial charge on any atom is 0.224 e. The number of aliphatic hydroxyl groups is 1. The molecule has 2 N–H and O–H groups in total. The van der Waals surface area contributed by atoms with Gasteiger partial charge < -0.3 is 10.4 Å². The van der Waals surface area contributed by atoms with E-state index < -0.39 is 0 Å². The predicted molar refractivity (Wildman–Crippen MR) is 54.1 cm³/mol. The molecule has 0 atom stereocenters. The number of carbonyl (C=O) groups excluding carboxylic acids is 1. The number of hydrogen-bond acceptors (Lipinski definition) is 2. The fraction of sp³-hybridized carbons (Fsp3) is 0.364. The molecule has 2 rings (SSSR count). The molecule has 0 radical (unpaired) electrons. The van der Waals surface area contributed by atoms with Gasteiger partial charge in [-0.15, -0.1) is 0 Å². The first-order valence-corrected chi connectivity index (χ1v) is 4.74. The van der Waals surface area contributed by atoms with Crippen LogP contribution in [0.2, 0.25) is 0 Å². The Balaban J connectivity index is 2.45. The lowest BCUT2D eigenvalue weighted by molar-refractivity contribution is -0.116. The highest BCUT2D eigenvalue weighted by atomic mass is 16.3. The fourth-order valence-corrected chi connectivity index (χ4v) is 1.76. The number of hydrogen-bond donors (Lipinski definition) is 2. The second-order valence-electron chi connectivity index (χ2n) is 3.64. The Hall–Kier alpha value is -1.35. The van der Waals surface area contributed by atoms with Gasteiger partial charge in [-0.1, -0.05) is 6.07 Å². The second-order valence-corrected chi connectivity index (χ2v) is 3.64. The highest BCUT2D eigenvalue weighted by Crippen LogP contribution is 2.26. The average molecular weight is 191 g/mol. The van der Waals surface area contributed by atoms with E-state index >= 15 is 0 Å². The summed E-state index contributed by atoms with van der Waals surface area (Å²) in [4.78, 5) is 11.1. The van der Waals surface area contributed by atoms with Gasteiger partial charge in [-0.3, -0.25) is 4.79 Å². The van der Waals surface area contributed by atoms with Crippen LogP contribution in [-0.2, 0) is 17.8 Å². The first kappa shape index (κ1) is 9.21. The third-order valence-electron chi connectivity index (χ3n) is 2.63. The Morgan fingerprint density at radius 1 is 1.43 bits per heavy atom. The Labute approximate surface area is 82.8 Å². The van der Waals surface area contributed by atoms with E-state index in [1.807, 2.05) is 19.1 Å². The summed E-state index contributed by atoms with van der Waals surface area (Å²) in [6.45, 7) is 2.00. The number of amides is 1. The number of aliphatic hydroxyl groups excluding tert-OH is 1. The zero-order valence-electron chi connectivity index (χ0n) is 8.13. The molecule has 1 aromatic carbocycles. The Bertz CT molecular complexity index is 385. The largest absolute Gasteiger partial charge is 0.392 e. The van der Waals surface area contributed by atoms with Crippen molar-refractivity contribution >= 4 is 11.6 Å². The van der Waals surface area contributed by atoms with Crippen LogP contribution in [0.4, 0.5) is 5.69 Å². The first-order chi connectivity index (χ1) is 6.70. The van der Waals surface area contributed by atoms with Crippen molar-refractivity contribution in [3.05, 3.63) is 28.8 Å². The molecule has 1 aliphatic rings. The minimum Gasteiger partial charge on any atom is -0.392 e. The molecule has 0 saturated carbocycles. The SMILES string of the molecule is Cc1cc2c(cc1CO)CCC(=O)N2. The van der Waals surface area contributed by atoms with E-state index in [4.69, 9.17) is 5.11 Å². The molecule has 0 bridgehead atoms. The molecule has 0 spiro atoms. The van der Waals surface area contributed by atoms with Crippen molar-refractivity contribution in [3.8, 4) is 0 Å². The van der Waals surface area contributed by atoms with E-state index in [1.165, 1.54) is 0 Å². The molecule has 1 aliphatic heterocycles. The van der Waals surface area contributed by atoms with Crippen LogP contribution in [0, 0.1) is 6.92 Å². The number of aryl methyl sites for hydroxylation is 2. The average Bonchev–Trinajstić information content (AvgIpc) is 2.16. The highest BCUT2D eigenvalue weighted by molar-refractivity contribution is 5.94. The lowest BCUT2D eigenvalue weighted by Crippen LogP contribution is -2.19. The molecule has 0 unspecified atom stereocenters. The van der Waals surface area contributed by atoms with E-state index in [0.717, 1.165) is 28.8 Å². The lowest BCUT2D eigenvalue weighted by Gasteiger charge is -2.18. The lowest BCUT2D eigenvalue weighted by atomic mass is 9.97. The topological polar surface area (TPSA) is 49.3 Å².